The highest BCUT2D eigenvalue weighted by molar-refractivity contribution is 5.89. The second-order valence-corrected chi connectivity index (χ2v) is 10.1. The molecular weight excluding hydrogens is 512 g/mol. The van der Waals surface area contributed by atoms with Gasteiger partial charge in [-0.15, -0.1) is 0 Å². The standard InChI is InChI=1S/C31H30N2O7/c34-28(39-17-19-8-2-1-3-9-19)15-27(29(35)32-16-20-14-25(20)30(36)37)33-31(38)40-18-26-23-12-6-4-10-21(23)22-11-5-7-13-24(22)26/h1-13,20,25-27H,14-18H2,(H,32,35)(H,33,38)(H,36,37)/t20-,25-,27+/m1/s1. The highest BCUT2D eigenvalue weighted by Gasteiger charge is 2.43. The molecule has 0 spiro atoms. The summed E-state index contributed by atoms with van der Waals surface area (Å²) in [7, 11) is 0. The average Bonchev–Trinajstić information content (AvgIpc) is 3.69. The Morgan fingerprint density at radius 3 is 2.10 bits per heavy atom. The molecule has 3 atom stereocenters. The van der Waals surface area contributed by atoms with Crippen LogP contribution in [0.2, 0.25) is 0 Å². The zero-order valence-corrected chi connectivity index (χ0v) is 21.7. The average molecular weight is 543 g/mol. The summed E-state index contributed by atoms with van der Waals surface area (Å²) in [5.74, 6) is -3.02. The zero-order chi connectivity index (χ0) is 28.1. The molecule has 2 aliphatic rings. The fraction of sp³-hybridized carbons (Fsp3) is 0.290. The summed E-state index contributed by atoms with van der Waals surface area (Å²) in [5.41, 5.74) is 5.06. The Hall–Kier alpha value is -4.66. The molecule has 3 N–H and O–H groups in total. The van der Waals surface area contributed by atoms with Crippen molar-refractivity contribution in [2.45, 2.75) is 31.4 Å². The topological polar surface area (TPSA) is 131 Å². The molecule has 9 heteroatoms. The minimum absolute atomic E-state index is 0.0291. The summed E-state index contributed by atoms with van der Waals surface area (Å²) in [6, 6.07) is 23.7. The number of ether oxygens (including phenoxy) is 2. The molecule has 3 aromatic carbocycles. The number of amides is 2. The van der Waals surface area contributed by atoms with Gasteiger partial charge in [-0.25, -0.2) is 4.79 Å². The van der Waals surface area contributed by atoms with Crippen molar-refractivity contribution in [1.29, 1.82) is 0 Å². The van der Waals surface area contributed by atoms with Crippen LogP contribution >= 0.6 is 0 Å². The van der Waals surface area contributed by atoms with Gasteiger partial charge in [-0.05, 0) is 40.2 Å². The van der Waals surface area contributed by atoms with Crippen molar-refractivity contribution in [2.75, 3.05) is 13.2 Å². The summed E-state index contributed by atoms with van der Waals surface area (Å²) < 4.78 is 10.9. The van der Waals surface area contributed by atoms with Crippen molar-refractivity contribution in [1.82, 2.24) is 10.6 Å². The number of esters is 1. The number of hydrogen-bond donors (Lipinski definition) is 3. The molecule has 0 bridgehead atoms. The van der Waals surface area contributed by atoms with Gasteiger partial charge in [0.05, 0.1) is 12.3 Å². The van der Waals surface area contributed by atoms with Gasteiger partial charge in [0, 0.05) is 12.5 Å². The Morgan fingerprint density at radius 1 is 0.850 bits per heavy atom. The predicted molar refractivity (Wildman–Crippen MR) is 145 cm³/mol. The Bertz CT molecular complexity index is 1360. The van der Waals surface area contributed by atoms with Gasteiger partial charge in [0.2, 0.25) is 5.91 Å². The van der Waals surface area contributed by atoms with Crippen LogP contribution in [0.5, 0.6) is 0 Å². The van der Waals surface area contributed by atoms with Crippen LogP contribution in [-0.4, -0.2) is 48.2 Å². The summed E-state index contributed by atoms with van der Waals surface area (Å²) in [5, 5.41) is 14.3. The largest absolute Gasteiger partial charge is 0.481 e. The van der Waals surface area contributed by atoms with Crippen LogP contribution in [0.15, 0.2) is 78.9 Å². The van der Waals surface area contributed by atoms with Gasteiger partial charge in [0.15, 0.2) is 0 Å². The quantitative estimate of drug-likeness (QED) is 0.314. The van der Waals surface area contributed by atoms with E-state index in [2.05, 4.69) is 10.6 Å². The second-order valence-electron chi connectivity index (χ2n) is 10.1. The van der Waals surface area contributed by atoms with Crippen molar-refractivity contribution >= 4 is 23.9 Å². The van der Waals surface area contributed by atoms with E-state index in [1.54, 1.807) is 12.1 Å². The number of aliphatic carboxylic acids is 1. The molecule has 0 unspecified atom stereocenters. The lowest BCUT2D eigenvalue weighted by Crippen LogP contribution is -2.48. The van der Waals surface area contributed by atoms with Gasteiger partial charge < -0.3 is 25.2 Å². The molecule has 3 aromatic rings. The lowest BCUT2D eigenvalue weighted by molar-refractivity contribution is -0.147. The molecule has 9 nitrogen and oxygen atoms in total. The van der Waals surface area contributed by atoms with Crippen LogP contribution in [0.4, 0.5) is 4.79 Å². The first-order valence-electron chi connectivity index (χ1n) is 13.2. The molecule has 0 aromatic heterocycles. The number of nitrogens with one attached hydrogen (secondary N) is 2. The molecule has 1 fully saturated rings. The molecule has 0 heterocycles. The third kappa shape index (κ3) is 6.31. The van der Waals surface area contributed by atoms with Gasteiger partial charge in [-0.3, -0.25) is 14.4 Å². The van der Waals surface area contributed by atoms with Crippen LogP contribution in [0.1, 0.15) is 35.4 Å². The van der Waals surface area contributed by atoms with Crippen LogP contribution in [0.3, 0.4) is 0 Å². The predicted octanol–water partition coefficient (Wildman–Crippen LogP) is 3.86. The maximum absolute atomic E-state index is 12.9. The normalized spacial score (nSPS) is 17.6. The monoisotopic (exact) mass is 542 g/mol. The summed E-state index contributed by atoms with van der Waals surface area (Å²) in [6.07, 6.45) is -0.776. The highest BCUT2D eigenvalue weighted by Crippen LogP contribution is 2.44. The van der Waals surface area contributed by atoms with Crippen molar-refractivity contribution in [3.05, 3.63) is 95.6 Å². The van der Waals surface area contributed by atoms with E-state index in [0.717, 1.165) is 27.8 Å². The van der Waals surface area contributed by atoms with Crippen LogP contribution in [0, 0.1) is 11.8 Å². The Kier molecular flexibility index (Phi) is 8.10. The molecule has 0 aliphatic heterocycles. The Balaban J connectivity index is 1.20. The molecular formula is C31H30N2O7. The summed E-state index contributed by atoms with van der Waals surface area (Å²) in [4.78, 5) is 49.5. The molecule has 2 amide bonds. The number of hydrogen-bond acceptors (Lipinski definition) is 6. The number of carbonyl (C=O) groups excluding carboxylic acids is 3. The van der Waals surface area contributed by atoms with Gasteiger partial charge in [0.25, 0.3) is 0 Å². The maximum atomic E-state index is 12.9. The second kappa shape index (κ2) is 12.0. The van der Waals surface area contributed by atoms with E-state index >= 15 is 0 Å². The number of fused-ring (bicyclic) bond motifs is 3. The first kappa shape index (κ1) is 26.9. The minimum atomic E-state index is -1.25. The lowest BCUT2D eigenvalue weighted by atomic mass is 9.98. The third-order valence-electron chi connectivity index (χ3n) is 7.34. The fourth-order valence-corrected chi connectivity index (χ4v) is 5.09. The van der Waals surface area contributed by atoms with Crippen molar-refractivity contribution in [2.24, 2.45) is 11.8 Å². The molecule has 2 aliphatic carbocycles. The number of rotatable bonds is 11. The first-order valence-corrected chi connectivity index (χ1v) is 13.2. The zero-order valence-electron chi connectivity index (χ0n) is 21.7. The van der Waals surface area contributed by atoms with E-state index < -0.39 is 42.3 Å². The van der Waals surface area contributed by atoms with Gasteiger partial charge >= 0.3 is 18.0 Å². The molecule has 0 saturated heterocycles. The van der Waals surface area contributed by atoms with E-state index in [9.17, 15) is 19.2 Å². The highest BCUT2D eigenvalue weighted by atomic mass is 16.5. The third-order valence-corrected chi connectivity index (χ3v) is 7.34. The van der Waals surface area contributed by atoms with E-state index in [1.165, 1.54) is 0 Å². The first-order chi connectivity index (χ1) is 19.4. The number of benzene rings is 3. The summed E-state index contributed by atoms with van der Waals surface area (Å²) >= 11 is 0. The summed E-state index contributed by atoms with van der Waals surface area (Å²) in [6.45, 7) is 0.216. The molecule has 40 heavy (non-hydrogen) atoms. The number of carboxylic acid groups (broad SMARTS) is 1. The molecule has 0 radical (unpaired) electrons. The van der Waals surface area contributed by atoms with Crippen molar-refractivity contribution < 1.29 is 33.8 Å². The Labute approximate surface area is 231 Å². The lowest BCUT2D eigenvalue weighted by Gasteiger charge is -2.19. The minimum Gasteiger partial charge on any atom is -0.481 e. The molecule has 206 valence electrons. The van der Waals surface area contributed by atoms with E-state index in [0.29, 0.717) is 6.42 Å². The van der Waals surface area contributed by atoms with E-state index in [4.69, 9.17) is 14.6 Å². The molecule has 5 rings (SSSR count). The van der Waals surface area contributed by atoms with Gasteiger partial charge in [0.1, 0.15) is 19.3 Å². The van der Waals surface area contributed by atoms with Gasteiger partial charge in [-0.2, -0.15) is 0 Å². The van der Waals surface area contributed by atoms with Crippen molar-refractivity contribution in [3.63, 3.8) is 0 Å². The maximum Gasteiger partial charge on any atom is 0.407 e. The van der Waals surface area contributed by atoms with Crippen LogP contribution in [-0.2, 0) is 30.5 Å². The van der Waals surface area contributed by atoms with Crippen LogP contribution < -0.4 is 10.6 Å². The van der Waals surface area contributed by atoms with Crippen molar-refractivity contribution in [3.8, 4) is 11.1 Å². The van der Waals surface area contributed by atoms with Gasteiger partial charge in [-0.1, -0.05) is 78.9 Å². The fourth-order valence-electron chi connectivity index (χ4n) is 5.09. The number of alkyl carbamates (subject to hydrolysis) is 1. The Morgan fingerprint density at radius 2 is 1.48 bits per heavy atom. The van der Waals surface area contributed by atoms with Crippen LogP contribution in [0.25, 0.3) is 11.1 Å². The van der Waals surface area contributed by atoms with E-state index in [1.807, 2.05) is 66.7 Å². The molecule has 1 saturated carbocycles. The van der Waals surface area contributed by atoms with E-state index in [-0.39, 0.29) is 31.6 Å². The number of carboxylic acids is 1. The smallest absolute Gasteiger partial charge is 0.407 e. The SMILES string of the molecule is O=C(C[C@H](NC(=O)OCC1c2ccccc2-c2ccccc21)C(=O)NC[C@H]1C[C@H]1C(=O)O)OCc1ccccc1. The number of carbonyl (C=O) groups is 4.